The summed E-state index contributed by atoms with van der Waals surface area (Å²) in [6.07, 6.45) is 9.73. The molecule has 0 spiro atoms. The van der Waals surface area contributed by atoms with E-state index in [1.807, 2.05) is 30.5 Å². The van der Waals surface area contributed by atoms with E-state index in [-0.39, 0.29) is 18.0 Å². The van der Waals surface area contributed by atoms with Crippen LogP contribution in [-0.4, -0.2) is 25.4 Å². The lowest BCUT2D eigenvalue weighted by Gasteiger charge is -2.21. The maximum Gasteiger partial charge on any atom is 0.224 e. The summed E-state index contributed by atoms with van der Waals surface area (Å²) in [4.78, 5) is 21.4. The first kappa shape index (κ1) is 29.5. The van der Waals surface area contributed by atoms with Gasteiger partial charge in [0.2, 0.25) is 12.3 Å². The van der Waals surface area contributed by atoms with Crippen LogP contribution in [0, 0.1) is 17.5 Å². The molecule has 0 bridgehead atoms. The Kier molecular flexibility index (Phi) is 10.3. The number of carbonyl (C=O) groups excluding carboxylic acids is 2. The fourth-order valence-electron chi connectivity index (χ4n) is 4.33. The monoisotopic (exact) mass is 542 g/mol. The van der Waals surface area contributed by atoms with E-state index in [1.165, 1.54) is 24.7 Å². The molecule has 0 radical (unpaired) electrons. The van der Waals surface area contributed by atoms with Gasteiger partial charge in [-0.05, 0) is 63.1 Å². The Morgan fingerprint density at radius 3 is 2.56 bits per heavy atom. The summed E-state index contributed by atoms with van der Waals surface area (Å²) >= 11 is 0. The largest absolute Gasteiger partial charge is 0.457 e. The summed E-state index contributed by atoms with van der Waals surface area (Å²) in [5.41, 5.74) is 8.68. The van der Waals surface area contributed by atoms with E-state index in [4.69, 9.17) is 4.74 Å². The number of hydrogen-bond donors (Lipinski definition) is 4. The van der Waals surface area contributed by atoms with Gasteiger partial charge in [-0.1, -0.05) is 19.1 Å². The van der Waals surface area contributed by atoms with Crippen LogP contribution in [0.1, 0.15) is 51.0 Å². The van der Waals surface area contributed by atoms with Crippen LogP contribution >= 0.6 is 0 Å². The molecule has 2 aromatic rings. The molecule has 7 nitrogen and oxygen atoms in total. The first-order chi connectivity index (χ1) is 18.8. The van der Waals surface area contributed by atoms with Crippen molar-refractivity contribution >= 4 is 23.7 Å². The summed E-state index contributed by atoms with van der Waals surface area (Å²) in [5.74, 6) is -1.10. The Morgan fingerprint density at radius 1 is 1.13 bits per heavy atom. The number of amides is 2. The molecule has 2 aromatic carbocycles. The van der Waals surface area contributed by atoms with Crippen molar-refractivity contribution in [1.29, 1.82) is 0 Å². The number of fused-ring (bicyclic) bond motifs is 3. The van der Waals surface area contributed by atoms with Crippen LogP contribution in [0.3, 0.4) is 0 Å². The first-order valence-electron chi connectivity index (χ1n) is 12.7. The topological polar surface area (TPSA) is 105 Å². The third-order valence-corrected chi connectivity index (χ3v) is 6.30. The van der Waals surface area contributed by atoms with Crippen LogP contribution in [0.2, 0.25) is 0 Å². The summed E-state index contributed by atoms with van der Waals surface area (Å²) in [5, 5.41) is 8.34. The molecule has 39 heavy (non-hydrogen) atoms. The zero-order valence-corrected chi connectivity index (χ0v) is 22.1. The summed E-state index contributed by atoms with van der Waals surface area (Å²) in [7, 11) is 1.50. The molecule has 1 saturated carbocycles. The van der Waals surface area contributed by atoms with E-state index in [9.17, 15) is 22.8 Å². The summed E-state index contributed by atoms with van der Waals surface area (Å²) in [6, 6.07) is 7.85. The average molecular weight is 543 g/mol. The Morgan fingerprint density at radius 2 is 1.87 bits per heavy atom. The van der Waals surface area contributed by atoms with Gasteiger partial charge >= 0.3 is 0 Å². The van der Waals surface area contributed by atoms with Gasteiger partial charge in [-0.2, -0.15) is 0 Å². The lowest BCUT2D eigenvalue weighted by molar-refractivity contribution is -0.120. The normalized spacial score (nSPS) is 18.9. The second-order valence-corrected chi connectivity index (χ2v) is 8.97. The molecule has 2 unspecified atom stereocenters. The number of nitrogens with two attached hydrogens (primary N) is 1. The van der Waals surface area contributed by atoms with Crippen molar-refractivity contribution in [3.05, 3.63) is 88.6 Å². The predicted octanol–water partition coefficient (Wildman–Crippen LogP) is 5.63. The second-order valence-electron chi connectivity index (χ2n) is 8.97. The predicted molar refractivity (Wildman–Crippen MR) is 146 cm³/mol. The van der Waals surface area contributed by atoms with E-state index in [2.05, 4.69) is 41.5 Å². The minimum atomic E-state index is -1.29. The molecule has 10 heteroatoms. The summed E-state index contributed by atoms with van der Waals surface area (Å²) < 4.78 is 43.5. The molecule has 208 valence electrons. The van der Waals surface area contributed by atoms with Gasteiger partial charge in [0.15, 0.2) is 11.6 Å². The number of nitrogens with one attached hydrogen (secondary N) is 3. The number of allylic oxidation sites excluding steroid dienone is 5. The molecule has 5 N–H and O–H groups in total. The molecule has 2 amide bonds. The molecular weight excluding hydrogens is 509 g/mol. The molecule has 1 aliphatic carbocycles. The van der Waals surface area contributed by atoms with Gasteiger partial charge < -0.3 is 26.4 Å². The molecule has 3 aliphatic rings. The van der Waals surface area contributed by atoms with Crippen molar-refractivity contribution in [2.75, 3.05) is 17.7 Å². The highest BCUT2D eigenvalue weighted by molar-refractivity contribution is 5.80. The fraction of sp³-hybridized carbons (Fsp3) is 0.310. The van der Waals surface area contributed by atoms with Crippen molar-refractivity contribution in [3.8, 4) is 5.75 Å². The maximum absolute atomic E-state index is 12.6. The zero-order chi connectivity index (χ0) is 28.5. The number of rotatable bonds is 7. The quantitative estimate of drug-likeness (QED) is 0.157. The van der Waals surface area contributed by atoms with E-state index in [0.717, 1.165) is 29.2 Å². The fourth-order valence-corrected chi connectivity index (χ4v) is 4.33. The van der Waals surface area contributed by atoms with Crippen LogP contribution in [0.4, 0.5) is 24.5 Å². The summed E-state index contributed by atoms with van der Waals surface area (Å²) in [6.45, 7) is 4.05. The van der Waals surface area contributed by atoms with Gasteiger partial charge in [0.25, 0.3) is 0 Å². The van der Waals surface area contributed by atoms with Crippen LogP contribution in [-0.2, 0) is 9.59 Å². The van der Waals surface area contributed by atoms with E-state index in [1.54, 1.807) is 0 Å². The van der Waals surface area contributed by atoms with Gasteiger partial charge in [-0.3, -0.25) is 9.59 Å². The number of anilines is 2. The van der Waals surface area contributed by atoms with Crippen molar-refractivity contribution in [2.45, 2.75) is 51.5 Å². The van der Waals surface area contributed by atoms with Crippen molar-refractivity contribution in [1.82, 2.24) is 5.32 Å². The highest BCUT2D eigenvalue weighted by Gasteiger charge is 2.45. The second kappa shape index (κ2) is 13.7. The third-order valence-electron chi connectivity index (χ3n) is 6.30. The molecule has 2 atom stereocenters. The molecule has 2 aliphatic heterocycles. The minimum absolute atomic E-state index is 0.0769. The van der Waals surface area contributed by atoms with E-state index >= 15 is 0 Å². The Bertz CT molecular complexity index is 1310. The number of halogens is 3. The molecule has 2 heterocycles. The zero-order valence-electron chi connectivity index (χ0n) is 22.1. The van der Waals surface area contributed by atoms with E-state index in [0.29, 0.717) is 36.9 Å². The number of ether oxygens (including phenoxy) is 1. The van der Waals surface area contributed by atoms with E-state index < -0.39 is 17.5 Å². The van der Waals surface area contributed by atoms with Crippen LogP contribution < -0.4 is 26.4 Å². The molecule has 0 aromatic heterocycles. The van der Waals surface area contributed by atoms with Crippen LogP contribution in [0.5, 0.6) is 5.75 Å². The standard InChI is InChI=1S/C21H24N2O2.C7H4F3NO.CH5N/c1-3-4-5-6-20(15-8-10-21(24)22-13(15)2)25-14-7-9-18-16(11-14)17-12-19(17)23-18;8-4-1-6(10)7(11-3-12)2-5(4)9;1-2/h4-7,9,11,17,19,23H,3,8,10,12H2,1-2H3,(H,22,24);1-3H,(H,11,12);2H2,1H3/b5-4+,20-6+;;. The van der Waals surface area contributed by atoms with Gasteiger partial charge in [0, 0.05) is 47.5 Å². The van der Waals surface area contributed by atoms with Crippen LogP contribution in [0.25, 0.3) is 0 Å². The number of carbonyl (C=O) groups is 2. The van der Waals surface area contributed by atoms with Crippen molar-refractivity contribution in [3.63, 3.8) is 0 Å². The lowest BCUT2D eigenvalue weighted by atomic mass is 10.0. The van der Waals surface area contributed by atoms with Crippen molar-refractivity contribution < 1.29 is 27.5 Å². The Balaban J connectivity index is 0.000000253. The SMILES string of the molecule is CC/C=C/C=C(/Oc1ccc2c(c1)C1CC1N2)C1=C(C)NC(=O)CC1.CN.O=CNc1cc(F)c(F)cc1F. The molecular formula is C29H33F3N4O3. The van der Waals surface area contributed by atoms with Crippen molar-refractivity contribution in [2.24, 2.45) is 5.73 Å². The number of benzene rings is 2. The number of hydrogen-bond acceptors (Lipinski definition) is 5. The van der Waals surface area contributed by atoms with Gasteiger partial charge in [0.1, 0.15) is 17.3 Å². The molecule has 1 fully saturated rings. The molecule has 0 saturated heterocycles. The average Bonchev–Trinajstić information content (AvgIpc) is 3.60. The lowest BCUT2D eigenvalue weighted by Crippen LogP contribution is -2.27. The highest BCUT2D eigenvalue weighted by atomic mass is 19.2. The minimum Gasteiger partial charge on any atom is -0.457 e. The highest BCUT2D eigenvalue weighted by Crippen LogP contribution is 2.52. The van der Waals surface area contributed by atoms with Gasteiger partial charge in [-0.25, -0.2) is 13.2 Å². The Hall–Kier alpha value is -4.05. The first-order valence-corrected chi connectivity index (χ1v) is 12.7. The third kappa shape index (κ3) is 7.51. The Labute approximate surface area is 226 Å². The maximum atomic E-state index is 12.6. The molecule has 5 rings (SSSR count). The van der Waals surface area contributed by atoms with Gasteiger partial charge in [0.05, 0.1) is 5.69 Å². The van der Waals surface area contributed by atoms with Crippen LogP contribution in [0.15, 0.2) is 65.6 Å². The van der Waals surface area contributed by atoms with Gasteiger partial charge in [-0.15, -0.1) is 0 Å². The smallest absolute Gasteiger partial charge is 0.224 e.